The Kier molecular flexibility index (Phi) is 5.63. The van der Waals surface area contributed by atoms with E-state index in [9.17, 15) is 9.59 Å². The van der Waals surface area contributed by atoms with Crippen molar-refractivity contribution < 1.29 is 9.59 Å². The molecule has 5 aromatic heterocycles. The third-order valence-corrected chi connectivity index (χ3v) is 8.25. The average Bonchev–Trinajstić information content (AvgIpc) is 3.74. The van der Waals surface area contributed by atoms with Crippen LogP contribution in [-0.4, -0.2) is 68.2 Å². The first-order chi connectivity index (χ1) is 19.8. The predicted molar refractivity (Wildman–Crippen MR) is 150 cm³/mol. The number of aromatic nitrogens is 8. The quantitative estimate of drug-likeness (QED) is 0.277. The van der Waals surface area contributed by atoms with Crippen LogP contribution in [0.2, 0.25) is 0 Å². The third-order valence-electron chi connectivity index (χ3n) is 8.25. The molecule has 0 spiro atoms. The molecule has 7 heterocycles. The topological polar surface area (TPSA) is 179 Å². The highest BCUT2D eigenvalue weighted by Gasteiger charge is 2.45. The number of aryl methyl sites for hydroxylation is 1. The number of aromatic amines is 1. The van der Waals surface area contributed by atoms with Crippen LogP contribution in [0.25, 0.3) is 22.6 Å². The predicted octanol–water partition coefficient (Wildman–Crippen LogP) is 2.93. The molecule has 13 heteroatoms. The number of H-pyrrole nitrogens is 1. The van der Waals surface area contributed by atoms with Crippen LogP contribution in [0.15, 0.2) is 43.0 Å². The molecule has 0 aliphatic carbocycles. The summed E-state index contributed by atoms with van der Waals surface area (Å²) in [5.41, 5.74) is 16.9. The smallest absolute Gasteiger partial charge is 0.272 e. The van der Waals surface area contributed by atoms with Gasteiger partial charge in [-0.25, -0.2) is 14.6 Å². The van der Waals surface area contributed by atoms with Crippen molar-refractivity contribution in [1.29, 1.82) is 0 Å². The van der Waals surface area contributed by atoms with Crippen molar-refractivity contribution in [1.82, 2.24) is 44.5 Å². The number of pyridine rings is 1. The van der Waals surface area contributed by atoms with Gasteiger partial charge in [0, 0.05) is 47.6 Å². The molecular formula is C28H29N11O2. The first-order valence-electron chi connectivity index (χ1n) is 13.6. The lowest BCUT2D eigenvalue weighted by Crippen LogP contribution is -2.46. The zero-order valence-corrected chi connectivity index (χ0v) is 22.7. The zero-order chi connectivity index (χ0) is 28.4. The number of piperidine rings is 1. The number of carbonyl (C=O) groups is 2. The van der Waals surface area contributed by atoms with Gasteiger partial charge < -0.3 is 16.4 Å². The molecule has 0 radical (unpaired) electrons. The second-order valence-corrected chi connectivity index (χ2v) is 10.9. The van der Waals surface area contributed by atoms with Crippen molar-refractivity contribution in [2.45, 2.75) is 57.5 Å². The summed E-state index contributed by atoms with van der Waals surface area (Å²) in [6, 6.07) is 5.43. The van der Waals surface area contributed by atoms with E-state index in [1.165, 1.54) is 11.4 Å². The summed E-state index contributed by atoms with van der Waals surface area (Å²) in [7, 11) is 0. The molecule has 41 heavy (non-hydrogen) atoms. The van der Waals surface area contributed by atoms with Crippen molar-refractivity contribution in [3.8, 4) is 16.9 Å². The number of hydrogen-bond donors (Lipinski definition) is 3. The first kappa shape index (κ1) is 24.9. The number of rotatable bonds is 5. The number of amides is 1. The number of hydrogen-bond acceptors (Lipinski definition) is 9. The number of nitrogens with two attached hydrogens (primary N) is 2. The molecule has 3 atom stereocenters. The summed E-state index contributed by atoms with van der Waals surface area (Å²) in [6.45, 7) is 3.48. The molecular weight excluding hydrogens is 522 g/mol. The van der Waals surface area contributed by atoms with Crippen LogP contribution in [-0.2, 0) is 0 Å². The van der Waals surface area contributed by atoms with Gasteiger partial charge >= 0.3 is 0 Å². The van der Waals surface area contributed by atoms with Crippen molar-refractivity contribution in [2.24, 2.45) is 0 Å². The molecule has 1 amide bonds. The van der Waals surface area contributed by atoms with Crippen LogP contribution < -0.4 is 11.5 Å². The lowest BCUT2D eigenvalue weighted by molar-refractivity contribution is 0.0562. The van der Waals surface area contributed by atoms with Gasteiger partial charge in [-0.1, -0.05) is 0 Å². The maximum Gasteiger partial charge on any atom is 0.272 e. The summed E-state index contributed by atoms with van der Waals surface area (Å²) in [5, 5.41) is 15.5. The van der Waals surface area contributed by atoms with Crippen molar-refractivity contribution in [2.75, 3.05) is 11.5 Å². The lowest BCUT2D eigenvalue weighted by Gasteiger charge is -2.39. The number of carbonyl (C=O) groups excluding carboxylic acids is 2. The van der Waals surface area contributed by atoms with E-state index >= 15 is 0 Å². The van der Waals surface area contributed by atoms with Crippen LogP contribution in [0.3, 0.4) is 0 Å². The molecule has 0 saturated carbocycles. The zero-order valence-electron chi connectivity index (χ0n) is 22.7. The highest BCUT2D eigenvalue weighted by molar-refractivity contribution is 6.00. The van der Waals surface area contributed by atoms with Gasteiger partial charge in [-0.05, 0) is 57.2 Å². The normalized spacial score (nSPS) is 20.1. The Bertz CT molecular complexity index is 1800. The SMILES string of the molecule is CC(=O)c1c(C2CC3CC[C@@H](C2)N3C(=O)c2cc(N)n[nH]2)nc2c(-c3ccc(-n4cc(C)cn4)nc3)cnn2c1N. The van der Waals surface area contributed by atoms with Gasteiger partial charge in [-0.3, -0.25) is 14.7 Å². The standard InChI is InChI=1S/C28H29N11O2/c1-14-10-32-37(13-14)23-6-3-16(11-31-23)20-12-33-39-26(30)24(15(2)40)25(34-27(20)39)17-7-18-4-5-19(8-17)38(18)28(41)21-9-22(29)36-35-21/h3,6,9-13,17-19H,4-5,7-8,30H2,1-2H3,(H3,29,35,36)/t17?,18-,19?/m0/s1. The third kappa shape index (κ3) is 4.03. The molecule has 2 aliphatic rings. The molecule has 2 bridgehead atoms. The lowest BCUT2D eigenvalue weighted by atomic mass is 9.85. The molecule has 208 valence electrons. The van der Waals surface area contributed by atoms with Crippen molar-refractivity contribution in [3.05, 3.63) is 65.5 Å². The number of nitrogens with zero attached hydrogens (tertiary/aromatic N) is 8. The Morgan fingerprint density at radius 1 is 1.05 bits per heavy atom. The van der Waals surface area contributed by atoms with E-state index in [0.29, 0.717) is 41.3 Å². The summed E-state index contributed by atoms with van der Waals surface area (Å²) in [5.74, 6) is 0.935. The van der Waals surface area contributed by atoms with E-state index in [4.69, 9.17) is 16.5 Å². The minimum Gasteiger partial charge on any atom is -0.383 e. The highest BCUT2D eigenvalue weighted by atomic mass is 16.2. The van der Waals surface area contributed by atoms with Crippen LogP contribution in [0.1, 0.15) is 70.6 Å². The molecule has 2 aliphatic heterocycles. The maximum atomic E-state index is 13.3. The minimum atomic E-state index is -0.164. The van der Waals surface area contributed by atoms with Gasteiger partial charge in [0.25, 0.3) is 5.91 Å². The molecule has 2 saturated heterocycles. The fraction of sp³-hybridized carbons (Fsp3) is 0.321. The Labute approximate surface area is 234 Å². The minimum absolute atomic E-state index is 0.0156. The van der Waals surface area contributed by atoms with Gasteiger partial charge in [0.05, 0.1) is 23.7 Å². The number of nitrogens with one attached hydrogen (secondary N) is 1. The monoisotopic (exact) mass is 551 g/mol. The first-order valence-corrected chi connectivity index (χ1v) is 13.6. The largest absolute Gasteiger partial charge is 0.383 e. The van der Waals surface area contributed by atoms with E-state index in [1.807, 2.05) is 30.2 Å². The van der Waals surface area contributed by atoms with Crippen molar-refractivity contribution in [3.63, 3.8) is 0 Å². The fourth-order valence-corrected chi connectivity index (χ4v) is 6.43. The summed E-state index contributed by atoms with van der Waals surface area (Å²) in [4.78, 5) is 37.8. The summed E-state index contributed by atoms with van der Waals surface area (Å²) >= 11 is 0. The van der Waals surface area contributed by atoms with E-state index in [1.54, 1.807) is 29.3 Å². The van der Waals surface area contributed by atoms with Crippen LogP contribution in [0.5, 0.6) is 0 Å². The van der Waals surface area contributed by atoms with Gasteiger partial charge in [-0.2, -0.15) is 19.8 Å². The molecule has 2 unspecified atom stereocenters. The number of nitrogen functional groups attached to an aromatic ring is 2. The van der Waals surface area contributed by atoms with Gasteiger partial charge in [-0.15, -0.1) is 0 Å². The second-order valence-electron chi connectivity index (χ2n) is 10.9. The number of fused-ring (bicyclic) bond motifs is 3. The fourth-order valence-electron chi connectivity index (χ4n) is 6.43. The average molecular weight is 552 g/mol. The maximum absolute atomic E-state index is 13.3. The van der Waals surface area contributed by atoms with E-state index in [0.717, 1.165) is 29.5 Å². The highest BCUT2D eigenvalue weighted by Crippen LogP contribution is 2.45. The van der Waals surface area contributed by atoms with E-state index < -0.39 is 0 Å². The Morgan fingerprint density at radius 2 is 1.83 bits per heavy atom. The number of ketones is 1. The Morgan fingerprint density at radius 3 is 2.44 bits per heavy atom. The van der Waals surface area contributed by atoms with Crippen molar-refractivity contribution >= 4 is 29.0 Å². The van der Waals surface area contributed by atoms with Gasteiger partial charge in [0.2, 0.25) is 0 Å². The summed E-state index contributed by atoms with van der Waals surface area (Å²) < 4.78 is 3.24. The second kappa shape index (κ2) is 9.25. The van der Waals surface area contributed by atoms with Crippen LogP contribution in [0.4, 0.5) is 11.6 Å². The molecule has 0 aromatic carbocycles. The molecule has 2 fully saturated rings. The number of Topliss-reactive ketones (excluding diaryl/α,β-unsaturated/α-hetero) is 1. The van der Waals surface area contributed by atoms with Crippen LogP contribution >= 0.6 is 0 Å². The van der Waals surface area contributed by atoms with E-state index in [-0.39, 0.29) is 41.3 Å². The molecule has 7 rings (SSSR count). The Balaban J connectivity index is 1.25. The molecule has 13 nitrogen and oxygen atoms in total. The molecule has 5 aromatic rings. The summed E-state index contributed by atoms with van der Waals surface area (Å²) in [6.07, 6.45) is 10.3. The van der Waals surface area contributed by atoms with Gasteiger partial charge in [0.15, 0.2) is 17.2 Å². The van der Waals surface area contributed by atoms with Crippen LogP contribution in [0, 0.1) is 6.92 Å². The number of anilines is 2. The van der Waals surface area contributed by atoms with E-state index in [2.05, 4.69) is 25.4 Å². The molecule has 5 N–H and O–H groups in total. The Hall–Kier alpha value is -5.07. The van der Waals surface area contributed by atoms with Gasteiger partial charge in [0.1, 0.15) is 17.3 Å².